The molecule has 2 nitrogen and oxygen atoms in total. The number of rotatable bonds is 2. The zero-order chi connectivity index (χ0) is 12.4. The van der Waals surface area contributed by atoms with Crippen LogP contribution in [0.3, 0.4) is 0 Å². The van der Waals surface area contributed by atoms with E-state index in [0.29, 0.717) is 25.2 Å². The molecule has 0 saturated heterocycles. The van der Waals surface area contributed by atoms with Crippen molar-refractivity contribution >= 4 is 5.78 Å². The van der Waals surface area contributed by atoms with Crippen molar-refractivity contribution in [2.24, 2.45) is 0 Å². The molecule has 5 heteroatoms. The van der Waals surface area contributed by atoms with Gasteiger partial charge in [0.1, 0.15) is 0 Å². The van der Waals surface area contributed by atoms with E-state index in [1.54, 1.807) is 6.08 Å². The van der Waals surface area contributed by atoms with Gasteiger partial charge in [0.05, 0.1) is 6.61 Å². The molecule has 0 saturated carbocycles. The average Bonchev–Trinajstić information content (AvgIpc) is 2.35. The summed E-state index contributed by atoms with van der Waals surface area (Å²) in [5.74, 6) is -4.93. The molecule has 0 N–H and O–H groups in total. The van der Waals surface area contributed by atoms with Crippen LogP contribution >= 0.6 is 0 Å². The molecule has 0 spiro atoms. The van der Waals surface area contributed by atoms with Gasteiger partial charge in [-0.25, -0.2) is 13.2 Å². The second-order valence-corrected chi connectivity index (χ2v) is 3.64. The molecular formula is C12H9F3O2. The third kappa shape index (κ3) is 2.33. The molecule has 17 heavy (non-hydrogen) atoms. The Labute approximate surface area is 95.7 Å². The molecule has 0 amide bonds. The highest BCUT2D eigenvalue weighted by atomic mass is 19.2. The molecule has 90 valence electrons. The molecular weight excluding hydrogens is 233 g/mol. The lowest BCUT2D eigenvalue weighted by Crippen LogP contribution is -2.12. The molecule has 1 aliphatic heterocycles. The van der Waals surface area contributed by atoms with E-state index in [2.05, 4.69) is 0 Å². The summed E-state index contributed by atoms with van der Waals surface area (Å²) in [6, 6.07) is 1.33. The van der Waals surface area contributed by atoms with Crippen LogP contribution in [0.2, 0.25) is 0 Å². The Morgan fingerprint density at radius 1 is 1.18 bits per heavy atom. The van der Waals surface area contributed by atoms with Crippen molar-refractivity contribution in [3.05, 3.63) is 47.0 Å². The van der Waals surface area contributed by atoms with Crippen LogP contribution < -0.4 is 0 Å². The summed E-state index contributed by atoms with van der Waals surface area (Å²) in [4.78, 5) is 11.8. The molecule has 1 aromatic rings. The summed E-state index contributed by atoms with van der Waals surface area (Å²) in [6.07, 6.45) is 3.03. The third-order valence-electron chi connectivity index (χ3n) is 2.41. The number of Topliss-reactive ketones (excluding diaryl/α,β-unsaturated/α-hetero) is 1. The monoisotopic (exact) mass is 242 g/mol. The van der Waals surface area contributed by atoms with Gasteiger partial charge in [-0.3, -0.25) is 4.79 Å². The van der Waals surface area contributed by atoms with Crippen LogP contribution in [0, 0.1) is 17.5 Å². The first kappa shape index (κ1) is 11.7. The highest BCUT2D eigenvalue weighted by Gasteiger charge is 2.20. The fourth-order valence-electron chi connectivity index (χ4n) is 1.54. The van der Waals surface area contributed by atoms with Crippen molar-refractivity contribution in [2.45, 2.75) is 12.8 Å². The minimum absolute atomic E-state index is 0.0571. The summed E-state index contributed by atoms with van der Waals surface area (Å²) >= 11 is 0. The Bertz CT molecular complexity index is 472. The predicted octanol–water partition coefficient (Wildman–Crippen LogP) is 2.98. The molecule has 0 unspecified atom stereocenters. The smallest absolute Gasteiger partial charge is 0.227 e. The van der Waals surface area contributed by atoms with E-state index in [1.165, 1.54) is 0 Å². The summed E-state index contributed by atoms with van der Waals surface area (Å²) in [7, 11) is 0. The van der Waals surface area contributed by atoms with E-state index < -0.39 is 23.2 Å². The van der Waals surface area contributed by atoms with Gasteiger partial charge >= 0.3 is 0 Å². The summed E-state index contributed by atoms with van der Waals surface area (Å²) < 4.78 is 43.7. The highest BCUT2D eigenvalue weighted by molar-refractivity contribution is 6.07. The zero-order valence-corrected chi connectivity index (χ0v) is 8.80. The minimum Gasteiger partial charge on any atom is -0.490 e. The van der Waals surface area contributed by atoms with Gasteiger partial charge in [-0.2, -0.15) is 0 Å². The van der Waals surface area contributed by atoms with Crippen molar-refractivity contribution in [1.29, 1.82) is 0 Å². The second kappa shape index (κ2) is 4.61. The van der Waals surface area contributed by atoms with E-state index in [-0.39, 0.29) is 11.3 Å². The maximum Gasteiger partial charge on any atom is 0.227 e. The van der Waals surface area contributed by atoms with Gasteiger partial charge < -0.3 is 4.74 Å². The Morgan fingerprint density at radius 2 is 1.82 bits per heavy atom. The normalized spacial score (nSPS) is 15.1. The van der Waals surface area contributed by atoms with Gasteiger partial charge in [-0.1, -0.05) is 0 Å². The van der Waals surface area contributed by atoms with Crippen molar-refractivity contribution in [3.8, 4) is 0 Å². The maximum atomic E-state index is 12.9. The van der Waals surface area contributed by atoms with Crippen LogP contribution in [0.4, 0.5) is 13.2 Å². The zero-order valence-electron chi connectivity index (χ0n) is 8.80. The molecule has 0 radical (unpaired) electrons. The van der Waals surface area contributed by atoms with E-state index >= 15 is 0 Å². The Hall–Kier alpha value is -1.78. The van der Waals surface area contributed by atoms with Crippen LogP contribution in [0.25, 0.3) is 0 Å². The number of allylic oxidation sites excluding steroid dienone is 2. The minimum atomic E-state index is -1.58. The molecule has 0 fully saturated rings. The lowest BCUT2D eigenvalue weighted by atomic mass is 10.1. The van der Waals surface area contributed by atoms with Crippen molar-refractivity contribution in [2.75, 3.05) is 6.61 Å². The standard InChI is InChI=1S/C12H9F3O2/c13-8-5-7(6-9(14)11(8)15)12(16)10-3-1-2-4-17-10/h3,5-6H,1-2,4H2. The molecule has 2 rings (SSSR count). The van der Waals surface area contributed by atoms with Gasteiger partial charge in [0.15, 0.2) is 23.2 Å². The number of ether oxygens (including phenoxy) is 1. The van der Waals surface area contributed by atoms with Crippen molar-refractivity contribution in [1.82, 2.24) is 0 Å². The number of benzene rings is 1. The average molecular weight is 242 g/mol. The largest absolute Gasteiger partial charge is 0.490 e. The predicted molar refractivity (Wildman–Crippen MR) is 53.9 cm³/mol. The number of hydrogen-bond donors (Lipinski definition) is 0. The first-order valence-corrected chi connectivity index (χ1v) is 5.12. The summed E-state index contributed by atoms with van der Waals surface area (Å²) in [5.41, 5.74) is -0.255. The molecule has 0 aromatic heterocycles. The van der Waals surface area contributed by atoms with Crippen LogP contribution in [0.5, 0.6) is 0 Å². The van der Waals surface area contributed by atoms with Crippen LogP contribution in [-0.4, -0.2) is 12.4 Å². The fraction of sp³-hybridized carbons (Fsp3) is 0.250. The van der Waals surface area contributed by atoms with Crippen LogP contribution in [0.15, 0.2) is 24.0 Å². The lowest BCUT2D eigenvalue weighted by Gasteiger charge is -2.13. The summed E-state index contributed by atoms with van der Waals surface area (Å²) in [5, 5.41) is 0. The molecule has 0 bridgehead atoms. The fourth-order valence-corrected chi connectivity index (χ4v) is 1.54. The Morgan fingerprint density at radius 3 is 2.35 bits per heavy atom. The lowest BCUT2D eigenvalue weighted by molar-refractivity contribution is 0.0898. The van der Waals surface area contributed by atoms with Gasteiger partial charge in [-0.15, -0.1) is 0 Å². The first-order chi connectivity index (χ1) is 8.09. The molecule has 1 aromatic carbocycles. The third-order valence-corrected chi connectivity index (χ3v) is 2.41. The number of halogens is 3. The second-order valence-electron chi connectivity index (χ2n) is 3.64. The number of hydrogen-bond acceptors (Lipinski definition) is 2. The molecule has 0 aliphatic carbocycles. The van der Waals surface area contributed by atoms with E-state index in [4.69, 9.17) is 4.74 Å². The van der Waals surface area contributed by atoms with Crippen LogP contribution in [0.1, 0.15) is 23.2 Å². The molecule has 1 heterocycles. The van der Waals surface area contributed by atoms with Gasteiger partial charge in [-0.05, 0) is 31.1 Å². The number of carbonyl (C=O) groups excluding carboxylic acids is 1. The van der Waals surface area contributed by atoms with E-state index in [0.717, 1.165) is 6.42 Å². The van der Waals surface area contributed by atoms with Crippen molar-refractivity contribution in [3.63, 3.8) is 0 Å². The first-order valence-electron chi connectivity index (χ1n) is 5.12. The Balaban J connectivity index is 2.34. The van der Waals surface area contributed by atoms with Gasteiger partial charge in [0.2, 0.25) is 5.78 Å². The SMILES string of the molecule is O=C(C1=CCCCO1)c1cc(F)c(F)c(F)c1. The number of ketones is 1. The van der Waals surface area contributed by atoms with E-state index in [9.17, 15) is 18.0 Å². The number of carbonyl (C=O) groups is 1. The molecule has 0 atom stereocenters. The molecule has 1 aliphatic rings. The quantitative estimate of drug-likeness (QED) is 0.588. The van der Waals surface area contributed by atoms with Crippen molar-refractivity contribution < 1.29 is 22.7 Å². The van der Waals surface area contributed by atoms with Crippen LogP contribution in [-0.2, 0) is 4.74 Å². The summed E-state index contributed by atoms with van der Waals surface area (Å²) in [6.45, 7) is 0.393. The highest BCUT2D eigenvalue weighted by Crippen LogP contribution is 2.19. The topological polar surface area (TPSA) is 26.3 Å². The van der Waals surface area contributed by atoms with Gasteiger partial charge in [0, 0.05) is 5.56 Å². The maximum absolute atomic E-state index is 12.9. The Kier molecular flexibility index (Phi) is 3.17. The van der Waals surface area contributed by atoms with Gasteiger partial charge in [0.25, 0.3) is 0 Å². The van der Waals surface area contributed by atoms with E-state index in [1.807, 2.05) is 0 Å².